The Morgan fingerprint density at radius 2 is 2.15 bits per heavy atom. The minimum atomic E-state index is -0.228. The third-order valence-corrected chi connectivity index (χ3v) is 4.75. The van der Waals surface area contributed by atoms with Crippen LogP contribution in [-0.2, 0) is 11.3 Å². The molecule has 4 rings (SSSR count). The number of nitrogens with one attached hydrogen (secondary N) is 2. The molecule has 1 aliphatic carbocycles. The Morgan fingerprint density at radius 1 is 1.30 bits per heavy atom. The first-order valence-electron chi connectivity index (χ1n) is 9.14. The number of rotatable bonds is 5. The molecule has 0 radical (unpaired) electrons. The molecule has 2 aromatic rings. The molecule has 1 aliphatic heterocycles. The van der Waals surface area contributed by atoms with Gasteiger partial charge in [0.05, 0.1) is 5.69 Å². The van der Waals surface area contributed by atoms with Gasteiger partial charge < -0.3 is 20.1 Å². The van der Waals surface area contributed by atoms with Gasteiger partial charge in [0, 0.05) is 23.9 Å². The third-order valence-electron chi connectivity index (χ3n) is 4.75. The fourth-order valence-corrected chi connectivity index (χ4v) is 3.32. The SMILES string of the molecule is O=C1COc2cc(C(=O)NCc3cccnc3OC3CCCC3)ccc2N1. The molecule has 27 heavy (non-hydrogen) atoms. The maximum Gasteiger partial charge on any atom is 0.262 e. The lowest BCUT2D eigenvalue weighted by atomic mass is 10.1. The summed E-state index contributed by atoms with van der Waals surface area (Å²) in [6.07, 6.45) is 6.38. The number of amides is 2. The highest BCUT2D eigenvalue weighted by Crippen LogP contribution is 2.29. The number of pyridine rings is 1. The number of carbonyl (C=O) groups excluding carboxylic acids is 2. The molecule has 1 fully saturated rings. The summed E-state index contributed by atoms with van der Waals surface area (Å²) in [6.45, 7) is 0.277. The van der Waals surface area contributed by atoms with Crippen LogP contribution in [0.2, 0.25) is 0 Å². The highest BCUT2D eigenvalue weighted by atomic mass is 16.5. The van der Waals surface area contributed by atoms with E-state index in [1.54, 1.807) is 24.4 Å². The number of benzene rings is 1. The molecule has 0 atom stereocenters. The third kappa shape index (κ3) is 4.02. The van der Waals surface area contributed by atoms with E-state index in [0.29, 0.717) is 29.4 Å². The van der Waals surface area contributed by atoms with E-state index in [1.165, 1.54) is 12.8 Å². The number of hydrogen-bond donors (Lipinski definition) is 2. The number of hydrogen-bond acceptors (Lipinski definition) is 5. The summed E-state index contributed by atoms with van der Waals surface area (Å²) in [7, 11) is 0. The van der Waals surface area contributed by atoms with Crippen molar-refractivity contribution in [1.82, 2.24) is 10.3 Å². The van der Waals surface area contributed by atoms with Gasteiger partial charge in [-0.2, -0.15) is 0 Å². The van der Waals surface area contributed by atoms with Crippen LogP contribution in [0.5, 0.6) is 11.6 Å². The largest absolute Gasteiger partial charge is 0.482 e. The van der Waals surface area contributed by atoms with Crippen molar-refractivity contribution in [2.24, 2.45) is 0 Å². The van der Waals surface area contributed by atoms with Crippen molar-refractivity contribution in [3.05, 3.63) is 47.7 Å². The Hall–Kier alpha value is -3.09. The van der Waals surface area contributed by atoms with Gasteiger partial charge in [-0.05, 0) is 49.9 Å². The molecular weight excluding hydrogens is 346 g/mol. The molecule has 1 saturated carbocycles. The Kier molecular flexibility index (Phi) is 4.91. The van der Waals surface area contributed by atoms with Gasteiger partial charge in [-0.1, -0.05) is 6.07 Å². The van der Waals surface area contributed by atoms with Gasteiger partial charge in [0.1, 0.15) is 11.9 Å². The van der Waals surface area contributed by atoms with Crippen molar-refractivity contribution in [1.29, 1.82) is 0 Å². The van der Waals surface area contributed by atoms with E-state index < -0.39 is 0 Å². The quantitative estimate of drug-likeness (QED) is 0.848. The number of nitrogens with zero attached hydrogens (tertiary/aromatic N) is 1. The minimum absolute atomic E-state index is 0.0460. The standard InChI is InChI=1S/C20H21N3O4/c24-18-12-26-17-10-13(7-8-16(17)23-18)19(25)22-11-14-4-3-9-21-20(14)27-15-5-1-2-6-15/h3-4,7-10,15H,1-2,5-6,11-12H2,(H,22,25)(H,23,24). The van der Waals surface area contributed by atoms with E-state index in [4.69, 9.17) is 9.47 Å². The van der Waals surface area contributed by atoms with Gasteiger partial charge in [-0.15, -0.1) is 0 Å². The average Bonchev–Trinajstić information content (AvgIpc) is 3.19. The molecule has 0 bridgehead atoms. The van der Waals surface area contributed by atoms with E-state index in [0.717, 1.165) is 18.4 Å². The zero-order chi connectivity index (χ0) is 18.6. The molecule has 7 nitrogen and oxygen atoms in total. The Bertz CT molecular complexity index is 862. The van der Waals surface area contributed by atoms with E-state index >= 15 is 0 Å². The summed E-state index contributed by atoms with van der Waals surface area (Å²) in [5, 5.41) is 5.60. The van der Waals surface area contributed by atoms with Crippen molar-refractivity contribution in [2.75, 3.05) is 11.9 Å². The van der Waals surface area contributed by atoms with Gasteiger partial charge in [0.15, 0.2) is 6.61 Å². The van der Waals surface area contributed by atoms with Crippen molar-refractivity contribution in [2.45, 2.75) is 38.3 Å². The lowest BCUT2D eigenvalue weighted by molar-refractivity contribution is -0.118. The number of ether oxygens (including phenoxy) is 2. The molecule has 2 N–H and O–H groups in total. The molecule has 0 saturated heterocycles. The normalized spacial score (nSPS) is 16.2. The van der Waals surface area contributed by atoms with Crippen LogP contribution in [0.4, 0.5) is 5.69 Å². The second kappa shape index (κ2) is 7.65. The number of carbonyl (C=O) groups is 2. The fraction of sp³-hybridized carbons (Fsp3) is 0.350. The Labute approximate surface area is 157 Å². The van der Waals surface area contributed by atoms with Gasteiger partial charge in [0.25, 0.3) is 11.8 Å². The van der Waals surface area contributed by atoms with E-state index in [1.807, 2.05) is 12.1 Å². The van der Waals surface area contributed by atoms with Crippen LogP contribution >= 0.6 is 0 Å². The van der Waals surface area contributed by atoms with Crippen molar-refractivity contribution < 1.29 is 19.1 Å². The number of anilines is 1. The Balaban J connectivity index is 1.41. The topological polar surface area (TPSA) is 89.6 Å². The van der Waals surface area contributed by atoms with Crippen LogP contribution < -0.4 is 20.1 Å². The lowest BCUT2D eigenvalue weighted by Gasteiger charge is -2.18. The summed E-state index contributed by atoms with van der Waals surface area (Å²) >= 11 is 0. The first kappa shape index (κ1) is 17.3. The molecule has 2 amide bonds. The molecular formula is C20H21N3O4. The van der Waals surface area contributed by atoms with Crippen LogP contribution in [-0.4, -0.2) is 29.5 Å². The van der Waals surface area contributed by atoms with Crippen LogP contribution in [0, 0.1) is 0 Å². The van der Waals surface area contributed by atoms with Gasteiger partial charge >= 0.3 is 0 Å². The van der Waals surface area contributed by atoms with E-state index in [9.17, 15) is 9.59 Å². The van der Waals surface area contributed by atoms with E-state index in [-0.39, 0.29) is 24.5 Å². The lowest BCUT2D eigenvalue weighted by Crippen LogP contribution is -2.27. The number of fused-ring (bicyclic) bond motifs is 1. The van der Waals surface area contributed by atoms with Crippen LogP contribution in [0.25, 0.3) is 0 Å². The van der Waals surface area contributed by atoms with Crippen molar-refractivity contribution >= 4 is 17.5 Å². The smallest absolute Gasteiger partial charge is 0.262 e. The molecule has 2 aliphatic rings. The summed E-state index contributed by atoms with van der Waals surface area (Å²) in [5.41, 5.74) is 1.88. The highest BCUT2D eigenvalue weighted by molar-refractivity contribution is 5.98. The van der Waals surface area contributed by atoms with Crippen molar-refractivity contribution in [3.8, 4) is 11.6 Å². The second-order valence-electron chi connectivity index (χ2n) is 6.72. The summed E-state index contributed by atoms with van der Waals surface area (Å²) < 4.78 is 11.4. The van der Waals surface area contributed by atoms with E-state index in [2.05, 4.69) is 15.6 Å². The zero-order valence-corrected chi connectivity index (χ0v) is 14.9. The monoisotopic (exact) mass is 367 g/mol. The predicted octanol–water partition coefficient (Wildman–Crippen LogP) is 2.66. The summed E-state index contributed by atoms with van der Waals surface area (Å²) in [5.74, 6) is 0.648. The molecule has 7 heteroatoms. The molecule has 1 aromatic carbocycles. The van der Waals surface area contributed by atoms with Gasteiger partial charge in [-0.25, -0.2) is 4.98 Å². The molecule has 2 heterocycles. The van der Waals surface area contributed by atoms with Gasteiger partial charge in [-0.3, -0.25) is 9.59 Å². The van der Waals surface area contributed by atoms with Crippen LogP contribution in [0.1, 0.15) is 41.6 Å². The average molecular weight is 367 g/mol. The van der Waals surface area contributed by atoms with Gasteiger partial charge in [0.2, 0.25) is 5.88 Å². The maximum atomic E-state index is 12.5. The fourth-order valence-electron chi connectivity index (χ4n) is 3.32. The van der Waals surface area contributed by atoms with Crippen LogP contribution in [0.3, 0.4) is 0 Å². The van der Waals surface area contributed by atoms with Crippen LogP contribution in [0.15, 0.2) is 36.5 Å². The van der Waals surface area contributed by atoms with Crippen molar-refractivity contribution in [3.63, 3.8) is 0 Å². The minimum Gasteiger partial charge on any atom is -0.482 e. The molecule has 0 unspecified atom stereocenters. The molecule has 0 spiro atoms. The summed E-state index contributed by atoms with van der Waals surface area (Å²) in [4.78, 5) is 28.2. The molecule has 1 aromatic heterocycles. The zero-order valence-electron chi connectivity index (χ0n) is 14.9. The maximum absolute atomic E-state index is 12.5. The summed E-state index contributed by atoms with van der Waals surface area (Å²) in [6, 6.07) is 8.69. The first-order valence-corrected chi connectivity index (χ1v) is 9.14. The second-order valence-corrected chi connectivity index (χ2v) is 6.72. The number of aromatic nitrogens is 1. The molecule has 140 valence electrons. The highest BCUT2D eigenvalue weighted by Gasteiger charge is 2.20. The first-order chi connectivity index (χ1) is 13.2. The predicted molar refractivity (Wildman–Crippen MR) is 98.9 cm³/mol. The Morgan fingerprint density at radius 3 is 3.00 bits per heavy atom.